The van der Waals surface area contributed by atoms with Crippen LogP contribution in [-0.4, -0.2) is 35.2 Å². The molecule has 1 saturated heterocycles. The van der Waals surface area contributed by atoms with Crippen molar-refractivity contribution in [1.82, 2.24) is 4.90 Å². The number of phenolic OH excluding ortho intramolecular Hbond substituents is 1. The van der Waals surface area contributed by atoms with E-state index in [1.807, 2.05) is 0 Å². The summed E-state index contributed by atoms with van der Waals surface area (Å²) in [4.78, 5) is 2.60. The van der Waals surface area contributed by atoms with Crippen molar-refractivity contribution >= 4 is 0 Å². The molecule has 1 aliphatic carbocycles. The fourth-order valence-electron chi connectivity index (χ4n) is 6.47. The number of nitrogens with zero attached hydrogens (tertiary/aromatic N) is 1. The zero-order chi connectivity index (χ0) is 22.9. The number of hydrogen-bond donors (Lipinski definition) is 1. The molecule has 1 aromatic rings. The van der Waals surface area contributed by atoms with Gasteiger partial charge in [0, 0.05) is 29.5 Å². The van der Waals surface area contributed by atoms with Gasteiger partial charge in [-0.15, -0.1) is 0 Å². The summed E-state index contributed by atoms with van der Waals surface area (Å²) in [6, 6.07) is 4.28. The molecule has 0 unspecified atom stereocenters. The minimum Gasteiger partial charge on any atom is -0.507 e. The van der Waals surface area contributed by atoms with Crippen LogP contribution < -0.4 is 4.74 Å². The third kappa shape index (κ3) is 4.74. The van der Waals surface area contributed by atoms with Crippen LogP contribution in [0, 0.1) is 5.92 Å². The number of ether oxygens (including phenoxy) is 1. The molecule has 0 amide bonds. The van der Waals surface area contributed by atoms with Crippen LogP contribution >= 0.6 is 0 Å². The third-order valence-electron chi connectivity index (χ3n) is 8.45. The van der Waals surface area contributed by atoms with E-state index in [4.69, 9.17) is 4.74 Å². The van der Waals surface area contributed by atoms with Gasteiger partial charge in [-0.3, -0.25) is 4.90 Å². The van der Waals surface area contributed by atoms with Gasteiger partial charge in [0.05, 0.1) is 0 Å². The largest absolute Gasteiger partial charge is 0.507 e. The molecule has 178 valence electrons. The highest BCUT2D eigenvalue weighted by Crippen LogP contribution is 2.55. The molecular weight excluding hydrogens is 394 g/mol. The highest BCUT2D eigenvalue weighted by molar-refractivity contribution is 5.56. The van der Waals surface area contributed by atoms with Gasteiger partial charge in [-0.1, -0.05) is 64.2 Å². The number of fused-ring (bicyclic) bond motifs is 3. The van der Waals surface area contributed by atoms with Gasteiger partial charge in [0.1, 0.15) is 17.1 Å². The van der Waals surface area contributed by atoms with Crippen LogP contribution in [0.15, 0.2) is 23.8 Å². The fraction of sp³-hybridized carbons (Fsp3) is 0.724. The second-order valence-corrected chi connectivity index (χ2v) is 11.8. The van der Waals surface area contributed by atoms with E-state index in [-0.39, 0.29) is 11.0 Å². The summed E-state index contributed by atoms with van der Waals surface area (Å²) in [5.74, 6) is 2.16. The molecule has 0 aromatic heterocycles. The van der Waals surface area contributed by atoms with E-state index in [1.54, 1.807) is 5.57 Å². The number of rotatable bonds is 8. The zero-order valence-electron chi connectivity index (χ0n) is 21.2. The summed E-state index contributed by atoms with van der Waals surface area (Å²) in [5, 5.41) is 11.6. The molecule has 4 rings (SSSR count). The summed E-state index contributed by atoms with van der Waals surface area (Å²) in [7, 11) is 0. The van der Waals surface area contributed by atoms with Crippen LogP contribution in [0.5, 0.6) is 11.5 Å². The van der Waals surface area contributed by atoms with Crippen molar-refractivity contribution in [3.8, 4) is 11.5 Å². The Labute approximate surface area is 196 Å². The number of aromatic hydroxyl groups is 1. The Balaban J connectivity index is 1.62. The quantitative estimate of drug-likeness (QED) is 0.340. The summed E-state index contributed by atoms with van der Waals surface area (Å²) in [6.07, 6.45) is 13.4. The molecule has 2 aliphatic heterocycles. The molecular formula is C29H45NO2. The van der Waals surface area contributed by atoms with E-state index in [0.29, 0.717) is 17.6 Å². The second kappa shape index (κ2) is 9.41. The average Bonchev–Trinajstić information content (AvgIpc) is 3.23. The van der Waals surface area contributed by atoms with Crippen molar-refractivity contribution in [2.45, 2.75) is 109 Å². The van der Waals surface area contributed by atoms with Crippen molar-refractivity contribution in [2.75, 3.05) is 19.6 Å². The molecule has 32 heavy (non-hydrogen) atoms. The molecule has 3 aliphatic rings. The minimum atomic E-state index is -0.211. The smallest absolute Gasteiger partial charge is 0.127 e. The van der Waals surface area contributed by atoms with E-state index >= 15 is 0 Å². The Morgan fingerprint density at radius 3 is 2.59 bits per heavy atom. The SMILES string of the molecule is CCCCCCC(C)(C)c1ccc2c(c1O)[C@H]1CC(CN3CCCC3)=CC[C@@H]1C(C)(C)O2. The molecule has 0 spiro atoms. The van der Waals surface area contributed by atoms with Gasteiger partial charge in [-0.25, -0.2) is 0 Å². The molecule has 0 saturated carbocycles. The lowest BCUT2D eigenvalue weighted by atomic mass is 9.66. The maximum atomic E-state index is 11.6. The summed E-state index contributed by atoms with van der Waals surface area (Å²) < 4.78 is 6.52. The van der Waals surface area contributed by atoms with Gasteiger partial charge in [0.15, 0.2) is 0 Å². The van der Waals surface area contributed by atoms with E-state index in [1.165, 1.54) is 51.6 Å². The Morgan fingerprint density at radius 2 is 1.88 bits per heavy atom. The lowest BCUT2D eigenvalue weighted by molar-refractivity contribution is 0.00699. The normalized spacial score (nSPS) is 25.1. The summed E-state index contributed by atoms with van der Waals surface area (Å²) >= 11 is 0. The first-order valence-electron chi connectivity index (χ1n) is 13.2. The van der Waals surface area contributed by atoms with Gasteiger partial charge in [-0.2, -0.15) is 0 Å². The fourth-order valence-corrected chi connectivity index (χ4v) is 6.47. The predicted octanol–water partition coefficient (Wildman–Crippen LogP) is 7.33. The van der Waals surface area contributed by atoms with E-state index in [0.717, 1.165) is 42.7 Å². The standard InChI is InChI=1S/C29H45NO2/c1-6-7-8-9-16-28(2,3)24-14-15-25-26(27(24)31)22-19-21(20-30-17-10-11-18-30)12-13-23(22)29(4,5)32-25/h12,14-15,22-23,31H,6-11,13,16-20H2,1-5H3/t22-,23-/m0/s1. The maximum Gasteiger partial charge on any atom is 0.127 e. The van der Waals surface area contributed by atoms with Crippen LogP contribution in [0.4, 0.5) is 0 Å². The highest BCUT2D eigenvalue weighted by atomic mass is 16.5. The van der Waals surface area contributed by atoms with E-state index < -0.39 is 0 Å². The third-order valence-corrected chi connectivity index (χ3v) is 8.45. The first-order chi connectivity index (χ1) is 15.2. The first kappa shape index (κ1) is 23.7. The number of hydrogen-bond acceptors (Lipinski definition) is 3. The Morgan fingerprint density at radius 1 is 1.12 bits per heavy atom. The van der Waals surface area contributed by atoms with Gasteiger partial charge >= 0.3 is 0 Å². The van der Waals surface area contributed by atoms with Gasteiger partial charge in [0.2, 0.25) is 0 Å². The average molecular weight is 440 g/mol. The molecule has 1 N–H and O–H groups in total. The monoisotopic (exact) mass is 439 g/mol. The van der Waals surface area contributed by atoms with Gasteiger partial charge in [0.25, 0.3) is 0 Å². The van der Waals surface area contributed by atoms with Gasteiger partial charge < -0.3 is 9.84 Å². The van der Waals surface area contributed by atoms with Crippen molar-refractivity contribution in [2.24, 2.45) is 5.92 Å². The number of benzene rings is 1. The van der Waals surface area contributed by atoms with Crippen molar-refractivity contribution in [1.29, 1.82) is 0 Å². The molecule has 2 heterocycles. The van der Waals surface area contributed by atoms with Crippen molar-refractivity contribution in [3.63, 3.8) is 0 Å². The molecule has 1 fully saturated rings. The predicted molar refractivity (Wildman–Crippen MR) is 134 cm³/mol. The van der Waals surface area contributed by atoms with E-state index in [2.05, 4.69) is 57.7 Å². The topological polar surface area (TPSA) is 32.7 Å². The second-order valence-electron chi connectivity index (χ2n) is 11.8. The van der Waals surface area contributed by atoms with Crippen LogP contribution in [0.2, 0.25) is 0 Å². The molecule has 0 radical (unpaired) electrons. The van der Waals surface area contributed by atoms with Crippen LogP contribution in [-0.2, 0) is 5.41 Å². The maximum absolute atomic E-state index is 11.6. The Hall–Kier alpha value is -1.48. The number of allylic oxidation sites excluding steroid dienone is 1. The summed E-state index contributed by atoms with van der Waals surface area (Å²) in [5.41, 5.74) is 3.50. The molecule has 1 aromatic carbocycles. The molecule has 0 bridgehead atoms. The number of unbranched alkanes of at least 4 members (excludes halogenated alkanes) is 3. The first-order valence-corrected chi connectivity index (χ1v) is 13.2. The van der Waals surface area contributed by atoms with Gasteiger partial charge in [-0.05, 0) is 70.5 Å². The Kier molecular flexibility index (Phi) is 6.96. The van der Waals surface area contributed by atoms with Crippen LogP contribution in [0.25, 0.3) is 0 Å². The molecule has 2 atom stereocenters. The minimum absolute atomic E-state index is 0.0296. The molecule has 3 nitrogen and oxygen atoms in total. The summed E-state index contributed by atoms with van der Waals surface area (Å²) in [6.45, 7) is 14.9. The molecule has 3 heteroatoms. The highest BCUT2D eigenvalue weighted by Gasteiger charge is 2.47. The zero-order valence-corrected chi connectivity index (χ0v) is 21.2. The van der Waals surface area contributed by atoms with Crippen molar-refractivity contribution < 1.29 is 9.84 Å². The van der Waals surface area contributed by atoms with Crippen LogP contribution in [0.3, 0.4) is 0 Å². The number of phenols is 1. The van der Waals surface area contributed by atoms with E-state index in [9.17, 15) is 5.11 Å². The number of likely N-dealkylation sites (tertiary alicyclic amines) is 1. The van der Waals surface area contributed by atoms with Crippen molar-refractivity contribution in [3.05, 3.63) is 34.9 Å². The Bertz CT molecular complexity index is 832. The van der Waals surface area contributed by atoms with Crippen LogP contribution in [0.1, 0.15) is 109 Å². The lowest BCUT2D eigenvalue weighted by Crippen LogP contribution is -2.46. The lowest BCUT2D eigenvalue weighted by Gasteiger charge is -2.48.